The first-order valence-corrected chi connectivity index (χ1v) is 9.61. The fraction of sp³-hybridized carbons (Fsp3) is 0.167. The largest absolute Gasteiger partial charge is 0.496 e. The summed E-state index contributed by atoms with van der Waals surface area (Å²) in [6.45, 7) is 0.564. The number of carbonyl (C=O) groups is 2. The van der Waals surface area contributed by atoms with Crippen molar-refractivity contribution in [1.29, 1.82) is 0 Å². The van der Waals surface area contributed by atoms with E-state index in [1.54, 1.807) is 31.4 Å². The third-order valence-electron chi connectivity index (χ3n) is 5.06. The Morgan fingerprint density at radius 1 is 0.933 bits per heavy atom. The van der Waals surface area contributed by atoms with Gasteiger partial charge in [0, 0.05) is 19.2 Å². The van der Waals surface area contributed by atoms with Crippen LogP contribution in [-0.2, 0) is 22.7 Å². The molecule has 0 aliphatic carbocycles. The van der Waals surface area contributed by atoms with Crippen LogP contribution in [0.3, 0.4) is 0 Å². The lowest BCUT2D eigenvalue weighted by atomic mass is 10.0. The number of furan rings is 1. The van der Waals surface area contributed by atoms with Crippen molar-refractivity contribution >= 4 is 17.4 Å². The van der Waals surface area contributed by atoms with Crippen molar-refractivity contribution in [2.24, 2.45) is 0 Å². The van der Waals surface area contributed by atoms with Crippen LogP contribution in [0.15, 0.2) is 83.1 Å². The van der Waals surface area contributed by atoms with Gasteiger partial charge in [-0.25, -0.2) is 0 Å². The van der Waals surface area contributed by atoms with Crippen LogP contribution in [-0.4, -0.2) is 35.8 Å². The Morgan fingerprint density at radius 3 is 2.37 bits per heavy atom. The summed E-state index contributed by atoms with van der Waals surface area (Å²) in [7, 11) is 3.37. The predicted molar refractivity (Wildman–Crippen MR) is 112 cm³/mol. The van der Waals surface area contributed by atoms with E-state index < -0.39 is 0 Å². The Hall–Kier alpha value is -3.80. The first kappa shape index (κ1) is 19.5. The summed E-state index contributed by atoms with van der Waals surface area (Å²) >= 11 is 0. The highest BCUT2D eigenvalue weighted by Crippen LogP contribution is 2.36. The summed E-state index contributed by atoms with van der Waals surface area (Å²) in [5.41, 5.74) is 2.31. The number of para-hydroxylation sites is 1. The Morgan fingerprint density at radius 2 is 1.67 bits per heavy atom. The van der Waals surface area contributed by atoms with Crippen LogP contribution >= 0.6 is 0 Å². The molecule has 2 aromatic carbocycles. The van der Waals surface area contributed by atoms with Crippen LogP contribution in [0.5, 0.6) is 5.75 Å². The molecule has 1 aliphatic rings. The number of ether oxygens (including phenoxy) is 1. The Kier molecular flexibility index (Phi) is 5.39. The van der Waals surface area contributed by atoms with Crippen molar-refractivity contribution in [3.05, 3.63) is 95.6 Å². The van der Waals surface area contributed by atoms with Gasteiger partial charge in [0.2, 0.25) is 0 Å². The van der Waals surface area contributed by atoms with Crippen molar-refractivity contribution in [2.75, 3.05) is 14.2 Å². The molecule has 0 saturated carbocycles. The van der Waals surface area contributed by atoms with Gasteiger partial charge in [-0.2, -0.15) is 0 Å². The number of amides is 2. The van der Waals surface area contributed by atoms with E-state index in [0.717, 1.165) is 5.56 Å². The summed E-state index contributed by atoms with van der Waals surface area (Å²) in [4.78, 5) is 29.8. The molecule has 0 N–H and O–H groups in total. The summed E-state index contributed by atoms with van der Waals surface area (Å²) in [6.07, 6.45) is 1.53. The molecule has 0 unspecified atom stereocenters. The van der Waals surface area contributed by atoms with Gasteiger partial charge in [-0.15, -0.1) is 0 Å². The number of likely N-dealkylation sites (N-methyl/N-ethyl adjacent to an activating group) is 1. The maximum absolute atomic E-state index is 13.4. The van der Waals surface area contributed by atoms with Gasteiger partial charge in [-0.1, -0.05) is 48.5 Å². The minimum absolute atomic E-state index is 0.0754. The second-order valence-corrected chi connectivity index (χ2v) is 7.04. The van der Waals surface area contributed by atoms with Gasteiger partial charge in [-0.3, -0.25) is 14.5 Å². The number of benzene rings is 2. The van der Waals surface area contributed by atoms with E-state index in [-0.39, 0.29) is 18.4 Å². The van der Waals surface area contributed by atoms with Crippen molar-refractivity contribution in [2.45, 2.75) is 13.1 Å². The van der Waals surface area contributed by atoms with E-state index in [1.165, 1.54) is 11.2 Å². The predicted octanol–water partition coefficient (Wildman–Crippen LogP) is 3.70. The molecular weight excluding hydrogens is 380 g/mol. The van der Waals surface area contributed by atoms with E-state index >= 15 is 0 Å². The van der Waals surface area contributed by atoms with E-state index in [1.807, 2.05) is 54.4 Å². The Balaban J connectivity index is 1.77. The van der Waals surface area contributed by atoms with Crippen LogP contribution in [0.25, 0.3) is 5.57 Å². The van der Waals surface area contributed by atoms with E-state index in [9.17, 15) is 9.59 Å². The molecule has 2 amide bonds. The standard InChI is InChI=1S/C24H22N2O4/c1-25(15-17-9-4-3-5-10-17)22-21(19-12-6-7-13-20(19)29-2)23(27)26(24(22)28)16-18-11-8-14-30-18/h3-14H,15-16H2,1-2H3. The number of imide groups is 1. The topological polar surface area (TPSA) is 63.0 Å². The molecule has 0 spiro atoms. The highest BCUT2D eigenvalue weighted by atomic mass is 16.5. The van der Waals surface area contributed by atoms with Gasteiger partial charge >= 0.3 is 0 Å². The fourth-order valence-corrected chi connectivity index (χ4v) is 3.65. The molecule has 2 heterocycles. The molecule has 1 aromatic heterocycles. The average Bonchev–Trinajstić information content (AvgIpc) is 3.36. The SMILES string of the molecule is COc1ccccc1C1=C(N(C)Cc2ccccc2)C(=O)N(Cc2ccco2)C1=O. The molecule has 6 heteroatoms. The van der Waals surface area contributed by atoms with Gasteiger partial charge in [0.1, 0.15) is 17.2 Å². The Labute approximate surface area is 175 Å². The zero-order chi connectivity index (χ0) is 21.1. The molecule has 30 heavy (non-hydrogen) atoms. The maximum Gasteiger partial charge on any atom is 0.278 e. The molecular formula is C24H22N2O4. The van der Waals surface area contributed by atoms with Gasteiger partial charge in [0.15, 0.2) is 0 Å². The van der Waals surface area contributed by atoms with Crippen LogP contribution in [0.1, 0.15) is 16.9 Å². The van der Waals surface area contributed by atoms with Crippen molar-refractivity contribution < 1.29 is 18.7 Å². The molecule has 152 valence electrons. The van der Waals surface area contributed by atoms with Gasteiger partial charge < -0.3 is 14.1 Å². The van der Waals surface area contributed by atoms with Crippen LogP contribution in [0.2, 0.25) is 0 Å². The van der Waals surface area contributed by atoms with Gasteiger partial charge in [-0.05, 0) is 23.8 Å². The number of hydrogen-bond acceptors (Lipinski definition) is 5. The van der Waals surface area contributed by atoms with E-state index in [4.69, 9.17) is 9.15 Å². The zero-order valence-electron chi connectivity index (χ0n) is 16.9. The molecule has 0 radical (unpaired) electrons. The molecule has 0 atom stereocenters. The van der Waals surface area contributed by atoms with Crippen molar-refractivity contribution in [3.63, 3.8) is 0 Å². The third-order valence-corrected chi connectivity index (χ3v) is 5.06. The third kappa shape index (κ3) is 3.59. The minimum atomic E-state index is -0.365. The highest BCUT2D eigenvalue weighted by molar-refractivity contribution is 6.35. The fourth-order valence-electron chi connectivity index (χ4n) is 3.65. The van der Waals surface area contributed by atoms with E-state index in [0.29, 0.717) is 34.9 Å². The van der Waals surface area contributed by atoms with E-state index in [2.05, 4.69) is 0 Å². The molecule has 1 aliphatic heterocycles. The molecule has 4 rings (SSSR count). The van der Waals surface area contributed by atoms with Crippen molar-refractivity contribution in [3.8, 4) is 5.75 Å². The molecule has 6 nitrogen and oxygen atoms in total. The van der Waals surface area contributed by atoms with Crippen LogP contribution < -0.4 is 4.74 Å². The lowest BCUT2D eigenvalue weighted by Gasteiger charge is -2.21. The monoisotopic (exact) mass is 402 g/mol. The first-order valence-electron chi connectivity index (χ1n) is 9.61. The first-order chi connectivity index (χ1) is 14.6. The van der Waals surface area contributed by atoms with Gasteiger partial charge in [0.25, 0.3) is 11.8 Å². The number of carbonyl (C=O) groups excluding carboxylic acids is 2. The highest BCUT2D eigenvalue weighted by Gasteiger charge is 2.42. The second kappa shape index (κ2) is 8.29. The second-order valence-electron chi connectivity index (χ2n) is 7.04. The van der Waals surface area contributed by atoms with Crippen LogP contribution in [0.4, 0.5) is 0 Å². The minimum Gasteiger partial charge on any atom is -0.496 e. The number of methoxy groups -OCH3 is 1. The number of nitrogens with zero attached hydrogens (tertiary/aromatic N) is 2. The smallest absolute Gasteiger partial charge is 0.278 e. The quantitative estimate of drug-likeness (QED) is 0.564. The van der Waals surface area contributed by atoms with Crippen molar-refractivity contribution in [1.82, 2.24) is 9.80 Å². The number of rotatable bonds is 7. The number of hydrogen-bond donors (Lipinski definition) is 0. The molecule has 3 aromatic rings. The summed E-state index contributed by atoms with van der Waals surface area (Å²) < 4.78 is 10.8. The summed E-state index contributed by atoms with van der Waals surface area (Å²) in [5.74, 6) is 0.369. The molecule has 0 saturated heterocycles. The van der Waals surface area contributed by atoms with Crippen LogP contribution in [0, 0.1) is 0 Å². The average molecular weight is 402 g/mol. The van der Waals surface area contributed by atoms with Gasteiger partial charge in [0.05, 0.1) is 25.5 Å². The Bertz CT molecular complexity index is 1090. The molecule has 0 fully saturated rings. The summed E-state index contributed by atoms with van der Waals surface area (Å²) in [5, 5.41) is 0. The summed E-state index contributed by atoms with van der Waals surface area (Å²) in [6, 6.07) is 20.5. The lowest BCUT2D eigenvalue weighted by Crippen LogP contribution is -2.33. The molecule has 0 bridgehead atoms. The maximum atomic E-state index is 13.4. The zero-order valence-corrected chi connectivity index (χ0v) is 16.9. The lowest BCUT2D eigenvalue weighted by molar-refractivity contribution is -0.138. The normalized spacial score (nSPS) is 13.9.